The van der Waals surface area contributed by atoms with Gasteiger partial charge < -0.3 is 5.32 Å². The van der Waals surface area contributed by atoms with Crippen molar-refractivity contribution in [2.24, 2.45) is 0 Å². The van der Waals surface area contributed by atoms with Crippen molar-refractivity contribution in [2.45, 2.75) is 20.8 Å². The van der Waals surface area contributed by atoms with E-state index in [1.165, 1.54) is 6.08 Å². The van der Waals surface area contributed by atoms with Crippen molar-refractivity contribution in [1.82, 2.24) is 0 Å². The van der Waals surface area contributed by atoms with Crippen LogP contribution in [0.3, 0.4) is 0 Å². The molecule has 14 heavy (non-hydrogen) atoms. The van der Waals surface area contributed by atoms with Gasteiger partial charge in [0.2, 0.25) is 5.91 Å². The molecule has 1 amide bonds. The summed E-state index contributed by atoms with van der Waals surface area (Å²) in [4.78, 5) is 10.9. The SMILES string of the molecule is C=CC(=O)Nc1ccccc1C.CC. The van der Waals surface area contributed by atoms with Crippen molar-refractivity contribution in [2.75, 3.05) is 5.32 Å². The lowest BCUT2D eigenvalue weighted by Crippen LogP contribution is -2.08. The van der Waals surface area contributed by atoms with Gasteiger partial charge in [0.25, 0.3) is 0 Å². The summed E-state index contributed by atoms with van der Waals surface area (Å²) >= 11 is 0. The zero-order valence-electron chi connectivity index (χ0n) is 9.00. The Bertz CT molecular complexity index is 305. The maximum Gasteiger partial charge on any atom is 0.247 e. The third-order valence-corrected chi connectivity index (χ3v) is 1.59. The third-order valence-electron chi connectivity index (χ3n) is 1.59. The predicted molar refractivity (Wildman–Crippen MR) is 61.4 cm³/mol. The smallest absolute Gasteiger partial charge is 0.247 e. The Balaban J connectivity index is 0.000000791. The molecule has 0 radical (unpaired) electrons. The zero-order chi connectivity index (χ0) is 11.0. The molecule has 2 nitrogen and oxygen atoms in total. The molecule has 0 aliphatic carbocycles. The van der Waals surface area contributed by atoms with Gasteiger partial charge in [-0.2, -0.15) is 0 Å². The van der Waals surface area contributed by atoms with Crippen molar-refractivity contribution in [1.29, 1.82) is 0 Å². The van der Waals surface area contributed by atoms with Crippen molar-refractivity contribution in [3.63, 3.8) is 0 Å². The molecular formula is C12H17NO. The van der Waals surface area contributed by atoms with Crippen molar-refractivity contribution in [3.8, 4) is 0 Å². The lowest BCUT2D eigenvalue weighted by atomic mass is 10.2. The van der Waals surface area contributed by atoms with E-state index in [4.69, 9.17) is 0 Å². The van der Waals surface area contributed by atoms with Crippen LogP contribution in [-0.2, 0) is 4.79 Å². The van der Waals surface area contributed by atoms with Crippen LogP contribution in [0.4, 0.5) is 5.69 Å². The molecule has 0 aliphatic heterocycles. The summed E-state index contributed by atoms with van der Waals surface area (Å²) in [5, 5.41) is 2.70. The molecule has 0 unspecified atom stereocenters. The number of nitrogens with one attached hydrogen (secondary N) is 1. The minimum Gasteiger partial charge on any atom is -0.322 e. The summed E-state index contributed by atoms with van der Waals surface area (Å²) in [7, 11) is 0. The lowest BCUT2D eigenvalue weighted by Gasteiger charge is -2.04. The largest absolute Gasteiger partial charge is 0.322 e. The summed E-state index contributed by atoms with van der Waals surface area (Å²) in [5.41, 5.74) is 1.88. The van der Waals surface area contributed by atoms with Crippen LogP contribution in [0.15, 0.2) is 36.9 Å². The Kier molecular flexibility index (Phi) is 6.12. The van der Waals surface area contributed by atoms with Crippen LogP contribution in [0.2, 0.25) is 0 Å². The second kappa shape index (κ2) is 6.89. The molecule has 0 fully saturated rings. The summed E-state index contributed by atoms with van der Waals surface area (Å²) in [6.07, 6.45) is 1.26. The molecule has 0 saturated carbocycles. The zero-order valence-corrected chi connectivity index (χ0v) is 9.00. The number of amides is 1. The maximum atomic E-state index is 10.9. The van der Waals surface area contributed by atoms with Crippen LogP contribution in [0.5, 0.6) is 0 Å². The van der Waals surface area contributed by atoms with E-state index >= 15 is 0 Å². The number of carbonyl (C=O) groups is 1. The Labute approximate surface area is 85.6 Å². The summed E-state index contributed by atoms with van der Waals surface area (Å²) in [6, 6.07) is 7.61. The number of aryl methyl sites for hydroxylation is 1. The fraction of sp³-hybridized carbons (Fsp3) is 0.250. The number of anilines is 1. The maximum absolute atomic E-state index is 10.9. The Hall–Kier alpha value is -1.57. The second-order valence-electron chi connectivity index (χ2n) is 2.51. The number of rotatable bonds is 2. The molecule has 1 aromatic carbocycles. The van der Waals surface area contributed by atoms with E-state index in [2.05, 4.69) is 11.9 Å². The molecule has 0 aromatic heterocycles. The predicted octanol–water partition coefficient (Wildman–Crippen LogP) is 3.15. The molecule has 0 aliphatic rings. The highest BCUT2D eigenvalue weighted by Crippen LogP contribution is 2.12. The molecular weight excluding hydrogens is 174 g/mol. The quantitative estimate of drug-likeness (QED) is 0.715. The van der Waals surface area contributed by atoms with E-state index in [1.807, 2.05) is 45.0 Å². The van der Waals surface area contributed by atoms with E-state index in [9.17, 15) is 4.79 Å². The monoisotopic (exact) mass is 191 g/mol. The van der Waals surface area contributed by atoms with Gasteiger partial charge >= 0.3 is 0 Å². The molecule has 0 atom stereocenters. The van der Waals surface area contributed by atoms with E-state index in [0.717, 1.165) is 11.3 Å². The number of benzene rings is 1. The molecule has 2 heteroatoms. The molecule has 76 valence electrons. The number of hydrogen-bond donors (Lipinski definition) is 1. The summed E-state index contributed by atoms with van der Waals surface area (Å²) in [6.45, 7) is 9.32. The summed E-state index contributed by atoms with van der Waals surface area (Å²) in [5.74, 6) is -0.177. The van der Waals surface area contributed by atoms with Gasteiger partial charge in [-0.1, -0.05) is 38.6 Å². The Morgan fingerprint density at radius 2 is 1.93 bits per heavy atom. The number of hydrogen-bond acceptors (Lipinski definition) is 1. The van der Waals surface area contributed by atoms with Crippen molar-refractivity contribution < 1.29 is 4.79 Å². The second-order valence-corrected chi connectivity index (χ2v) is 2.51. The average molecular weight is 191 g/mol. The van der Waals surface area contributed by atoms with Gasteiger partial charge in [0.15, 0.2) is 0 Å². The Morgan fingerprint density at radius 3 is 2.43 bits per heavy atom. The van der Waals surface area contributed by atoms with Gasteiger partial charge in [0, 0.05) is 5.69 Å². The van der Waals surface area contributed by atoms with Gasteiger partial charge in [-0.05, 0) is 24.6 Å². The third kappa shape index (κ3) is 3.90. The fourth-order valence-electron chi connectivity index (χ4n) is 0.897. The first-order valence-corrected chi connectivity index (χ1v) is 4.73. The van der Waals surface area contributed by atoms with Crippen LogP contribution in [-0.4, -0.2) is 5.91 Å². The molecule has 0 bridgehead atoms. The molecule has 1 N–H and O–H groups in total. The van der Waals surface area contributed by atoms with Gasteiger partial charge in [-0.3, -0.25) is 4.79 Å². The molecule has 0 saturated heterocycles. The molecule has 0 heterocycles. The molecule has 1 rings (SSSR count). The van der Waals surface area contributed by atoms with Crippen molar-refractivity contribution in [3.05, 3.63) is 42.5 Å². The van der Waals surface area contributed by atoms with E-state index in [0.29, 0.717) is 0 Å². The lowest BCUT2D eigenvalue weighted by molar-refractivity contribution is -0.111. The average Bonchev–Trinajstić information content (AvgIpc) is 2.24. The fourth-order valence-corrected chi connectivity index (χ4v) is 0.897. The normalized spacial score (nSPS) is 8.21. The topological polar surface area (TPSA) is 29.1 Å². The van der Waals surface area contributed by atoms with Crippen molar-refractivity contribution >= 4 is 11.6 Å². The first-order chi connectivity index (χ1) is 6.74. The first kappa shape index (κ1) is 12.4. The first-order valence-electron chi connectivity index (χ1n) is 4.73. The minimum atomic E-state index is -0.177. The summed E-state index contributed by atoms with van der Waals surface area (Å²) < 4.78 is 0. The van der Waals surface area contributed by atoms with Gasteiger partial charge in [-0.15, -0.1) is 0 Å². The Morgan fingerprint density at radius 1 is 1.36 bits per heavy atom. The van der Waals surface area contributed by atoms with E-state index < -0.39 is 0 Å². The van der Waals surface area contributed by atoms with Crippen LogP contribution in [0, 0.1) is 6.92 Å². The molecule has 0 spiro atoms. The van der Waals surface area contributed by atoms with E-state index in [1.54, 1.807) is 0 Å². The number of carbonyl (C=O) groups excluding carboxylic acids is 1. The highest BCUT2D eigenvalue weighted by molar-refractivity contribution is 5.99. The standard InChI is InChI=1S/C10H11NO.C2H6/c1-3-10(12)11-9-7-5-4-6-8(9)2;1-2/h3-7H,1H2,2H3,(H,11,12);1-2H3. The number of para-hydroxylation sites is 1. The molecule has 1 aromatic rings. The van der Waals surface area contributed by atoms with E-state index in [-0.39, 0.29) is 5.91 Å². The van der Waals surface area contributed by atoms with Gasteiger partial charge in [0.1, 0.15) is 0 Å². The minimum absolute atomic E-state index is 0.177. The van der Waals surface area contributed by atoms with Gasteiger partial charge in [0.05, 0.1) is 0 Å². The van der Waals surface area contributed by atoms with Crippen LogP contribution in [0.25, 0.3) is 0 Å². The van der Waals surface area contributed by atoms with Gasteiger partial charge in [-0.25, -0.2) is 0 Å². The highest BCUT2D eigenvalue weighted by atomic mass is 16.1. The highest BCUT2D eigenvalue weighted by Gasteiger charge is 1.97. The van der Waals surface area contributed by atoms with Crippen LogP contribution in [0.1, 0.15) is 19.4 Å². The van der Waals surface area contributed by atoms with Crippen LogP contribution < -0.4 is 5.32 Å². The van der Waals surface area contributed by atoms with Crippen LogP contribution >= 0.6 is 0 Å².